The molecule has 1 aromatic rings. The van der Waals surface area contributed by atoms with Crippen LogP contribution in [-0.4, -0.2) is 11.0 Å². The van der Waals surface area contributed by atoms with Crippen LogP contribution < -0.4 is 5.32 Å². The average Bonchev–Trinajstić information content (AvgIpc) is 2.80. The van der Waals surface area contributed by atoms with E-state index in [0.29, 0.717) is 12.0 Å². The van der Waals surface area contributed by atoms with Gasteiger partial charge in [-0.05, 0) is 30.9 Å². The van der Waals surface area contributed by atoms with E-state index in [9.17, 15) is 4.39 Å². The van der Waals surface area contributed by atoms with Gasteiger partial charge in [0, 0.05) is 6.04 Å². The van der Waals surface area contributed by atoms with Crippen molar-refractivity contribution in [3.05, 3.63) is 29.8 Å². The van der Waals surface area contributed by atoms with E-state index in [1.54, 1.807) is 0 Å². The van der Waals surface area contributed by atoms with Crippen LogP contribution in [0.4, 0.5) is 4.39 Å². The molecule has 1 saturated carbocycles. The molecule has 0 bridgehead atoms. The van der Waals surface area contributed by atoms with Crippen LogP contribution in [0.3, 0.4) is 0 Å². The van der Waals surface area contributed by atoms with E-state index in [4.69, 9.17) is 0 Å². The number of hydrogen-bond donors (Lipinski definition) is 1. The van der Waals surface area contributed by atoms with Gasteiger partial charge in [-0.2, -0.15) is 0 Å². The van der Waals surface area contributed by atoms with E-state index in [1.807, 2.05) is 6.07 Å². The number of nitrogens with zero attached hydrogens (tertiary/aromatic N) is 1. The van der Waals surface area contributed by atoms with Crippen molar-refractivity contribution in [3.8, 4) is 0 Å². The standard InChI is InChI=1S/C14H21FN2/c1-10(2)17-14(11-5-3-4-6-11)13-8-7-12(15)9-16-13/h7-11,14,17H,3-6H2,1-2H3. The molecule has 2 nitrogen and oxygen atoms in total. The summed E-state index contributed by atoms with van der Waals surface area (Å²) in [6.07, 6.45) is 6.44. The molecule has 1 heterocycles. The fourth-order valence-corrected chi connectivity index (χ4v) is 2.68. The lowest BCUT2D eigenvalue weighted by Crippen LogP contribution is -2.33. The minimum atomic E-state index is -0.261. The van der Waals surface area contributed by atoms with E-state index in [-0.39, 0.29) is 11.9 Å². The van der Waals surface area contributed by atoms with Crippen molar-refractivity contribution in [2.45, 2.75) is 51.6 Å². The summed E-state index contributed by atoms with van der Waals surface area (Å²) in [4.78, 5) is 4.24. The summed E-state index contributed by atoms with van der Waals surface area (Å²) in [5.74, 6) is 0.388. The Balaban J connectivity index is 2.16. The first-order valence-corrected chi connectivity index (χ1v) is 6.54. The zero-order valence-corrected chi connectivity index (χ0v) is 10.6. The van der Waals surface area contributed by atoms with E-state index in [0.717, 1.165) is 5.69 Å². The van der Waals surface area contributed by atoms with Gasteiger partial charge < -0.3 is 5.32 Å². The molecule has 1 fully saturated rings. The zero-order chi connectivity index (χ0) is 12.3. The highest BCUT2D eigenvalue weighted by Gasteiger charge is 2.27. The first kappa shape index (κ1) is 12.5. The fourth-order valence-electron chi connectivity index (χ4n) is 2.68. The Bertz CT molecular complexity index is 342. The van der Waals surface area contributed by atoms with E-state index < -0.39 is 0 Å². The predicted molar refractivity (Wildman–Crippen MR) is 67.2 cm³/mol. The third-order valence-corrected chi connectivity index (χ3v) is 3.45. The van der Waals surface area contributed by atoms with Crippen molar-refractivity contribution in [1.82, 2.24) is 10.3 Å². The topological polar surface area (TPSA) is 24.9 Å². The molecule has 2 rings (SSSR count). The van der Waals surface area contributed by atoms with E-state index >= 15 is 0 Å². The third kappa shape index (κ3) is 3.25. The van der Waals surface area contributed by atoms with Gasteiger partial charge in [0.1, 0.15) is 5.82 Å². The van der Waals surface area contributed by atoms with Gasteiger partial charge in [0.15, 0.2) is 0 Å². The van der Waals surface area contributed by atoms with Crippen molar-refractivity contribution in [2.24, 2.45) is 5.92 Å². The first-order chi connectivity index (χ1) is 8.16. The number of rotatable bonds is 4. The zero-order valence-electron chi connectivity index (χ0n) is 10.6. The molecule has 94 valence electrons. The molecule has 3 heteroatoms. The molecule has 1 atom stereocenters. The highest BCUT2D eigenvalue weighted by atomic mass is 19.1. The molecule has 17 heavy (non-hydrogen) atoms. The normalized spacial score (nSPS) is 18.8. The van der Waals surface area contributed by atoms with Gasteiger partial charge in [-0.1, -0.05) is 26.7 Å². The number of pyridine rings is 1. The first-order valence-electron chi connectivity index (χ1n) is 6.54. The molecule has 0 aliphatic heterocycles. The molecular formula is C14H21FN2. The summed E-state index contributed by atoms with van der Waals surface area (Å²) in [6, 6.07) is 4.02. The van der Waals surface area contributed by atoms with Crippen molar-refractivity contribution < 1.29 is 4.39 Å². The lowest BCUT2D eigenvalue weighted by atomic mass is 9.94. The second-order valence-electron chi connectivity index (χ2n) is 5.24. The smallest absolute Gasteiger partial charge is 0.141 e. The fraction of sp³-hybridized carbons (Fsp3) is 0.643. The maximum atomic E-state index is 12.9. The molecule has 0 saturated heterocycles. The maximum Gasteiger partial charge on any atom is 0.141 e. The third-order valence-electron chi connectivity index (χ3n) is 3.45. The lowest BCUT2D eigenvalue weighted by Gasteiger charge is -2.26. The summed E-state index contributed by atoms with van der Waals surface area (Å²) < 4.78 is 12.9. The van der Waals surface area contributed by atoms with Gasteiger partial charge in [0.05, 0.1) is 17.9 Å². The molecule has 1 aliphatic rings. The quantitative estimate of drug-likeness (QED) is 0.866. The number of aromatic nitrogens is 1. The van der Waals surface area contributed by atoms with Crippen LogP contribution in [0.5, 0.6) is 0 Å². The second-order valence-corrected chi connectivity index (χ2v) is 5.24. The van der Waals surface area contributed by atoms with Crippen molar-refractivity contribution in [2.75, 3.05) is 0 Å². The Morgan fingerprint density at radius 2 is 2.00 bits per heavy atom. The summed E-state index contributed by atoms with van der Waals surface area (Å²) in [6.45, 7) is 4.29. The molecule has 1 N–H and O–H groups in total. The summed E-state index contributed by atoms with van der Waals surface area (Å²) in [5.41, 5.74) is 0.979. The Kier molecular flexibility index (Phi) is 4.11. The van der Waals surface area contributed by atoms with Crippen molar-refractivity contribution in [1.29, 1.82) is 0 Å². The van der Waals surface area contributed by atoms with Gasteiger partial charge in [-0.25, -0.2) is 4.39 Å². The van der Waals surface area contributed by atoms with E-state index in [1.165, 1.54) is 37.9 Å². The van der Waals surface area contributed by atoms with Crippen LogP contribution in [0.2, 0.25) is 0 Å². The molecule has 1 aromatic heterocycles. The Hall–Kier alpha value is -0.960. The second kappa shape index (κ2) is 5.58. The van der Waals surface area contributed by atoms with Crippen LogP contribution >= 0.6 is 0 Å². The lowest BCUT2D eigenvalue weighted by molar-refractivity contribution is 0.337. The molecule has 1 aliphatic carbocycles. The predicted octanol–water partition coefficient (Wildman–Crippen LogP) is 3.45. The Morgan fingerprint density at radius 1 is 1.29 bits per heavy atom. The highest BCUT2D eigenvalue weighted by molar-refractivity contribution is 5.11. The van der Waals surface area contributed by atoms with Crippen LogP contribution in [0.25, 0.3) is 0 Å². The Morgan fingerprint density at radius 3 is 2.53 bits per heavy atom. The van der Waals surface area contributed by atoms with Gasteiger partial charge in [0.25, 0.3) is 0 Å². The minimum Gasteiger partial charge on any atom is -0.306 e. The molecule has 0 aromatic carbocycles. The van der Waals surface area contributed by atoms with Crippen LogP contribution in [0.1, 0.15) is 51.3 Å². The van der Waals surface area contributed by atoms with Gasteiger partial charge in [-0.15, -0.1) is 0 Å². The van der Waals surface area contributed by atoms with Crippen LogP contribution in [0.15, 0.2) is 18.3 Å². The van der Waals surface area contributed by atoms with E-state index in [2.05, 4.69) is 24.1 Å². The number of nitrogens with one attached hydrogen (secondary N) is 1. The van der Waals surface area contributed by atoms with Crippen LogP contribution in [-0.2, 0) is 0 Å². The maximum absolute atomic E-state index is 12.9. The monoisotopic (exact) mass is 236 g/mol. The summed E-state index contributed by atoms with van der Waals surface area (Å²) in [5, 5.41) is 3.57. The molecule has 1 unspecified atom stereocenters. The SMILES string of the molecule is CC(C)NC(c1ccc(F)cn1)C1CCCC1. The summed E-state index contributed by atoms with van der Waals surface area (Å²) >= 11 is 0. The van der Waals surface area contributed by atoms with Gasteiger partial charge in [-0.3, -0.25) is 4.98 Å². The van der Waals surface area contributed by atoms with Crippen LogP contribution in [0, 0.1) is 11.7 Å². The summed E-state index contributed by atoms with van der Waals surface area (Å²) in [7, 11) is 0. The largest absolute Gasteiger partial charge is 0.306 e. The molecular weight excluding hydrogens is 215 g/mol. The van der Waals surface area contributed by atoms with Gasteiger partial charge in [0.2, 0.25) is 0 Å². The average molecular weight is 236 g/mol. The molecule has 0 spiro atoms. The van der Waals surface area contributed by atoms with Crippen molar-refractivity contribution >= 4 is 0 Å². The Labute approximate surface area is 103 Å². The number of halogens is 1. The molecule has 0 radical (unpaired) electrons. The van der Waals surface area contributed by atoms with Crippen molar-refractivity contribution in [3.63, 3.8) is 0 Å². The number of hydrogen-bond acceptors (Lipinski definition) is 2. The minimum absolute atomic E-state index is 0.261. The molecule has 0 amide bonds. The highest BCUT2D eigenvalue weighted by Crippen LogP contribution is 2.35. The van der Waals surface area contributed by atoms with Gasteiger partial charge >= 0.3 is 0 Å².